The lowest BCUT2D eigenvalue weighted by molar-refractivity contribution is 0.111. The van der Waals surface area contributed by atoms with E-state index >= 15 is 0 Å². The van der Waals surface area contributed by atoms with Gasteiger partial charge in [-0.15, -0.1) is 0 Å². The maximum Gasteiger partial charge on any atom is 0.169 e. The lowest BCUT2D eigenvalue weighted by Crippen LogP contribution is -1.99. The minimum Gasteiger partial charge on any atom is -0.350 e. The number of halogens is 1. The summed E-state index contributed by atoms with van der Waals surface area (Å²) in [5, 5.41) is 0.349. The van der Waals surface area contributed by atoms with Crippen molar-refractivity contribution < 1.29 is 9.18 Å². The van der Waals surface area contributed by atoms with Gasteiger partial charge in [0.2, 0.25) is 0 Å². The van der Waals surface area contributed by atoms with Gasteiger partial charge in [-0.2, -0.15) is 0 Å². The zero-order valence-corrected chi connectivity index (χ0v) is 6.67. The summed E-state index contributed by atoms with van der Waals surface area (Å²) >= 11 is 0. The molecule has 0 unspecified atom stereocenters. The van der Waals surface area contributed by atoms with Gasteiger partial charge in [0, 0.05) is 10.9 Å². The minimum atomic E-state index is -0.544. The van der Waals surface area contributed by atoms with Gasteiger partial charge in [0.05, 0.1) is 0 Å². The van der Waals surface area contributed by atoms with Gasteiger partial charge in [-0.05, 0) is 6.07 Å². The average molecular weight is 173 g/mol. The Kier molecular flexibility index (Phi) is 1.69. The van der Waals surface area contributed by atoms with Crippen molar-refractivity contribution in [1.29, 1.82) is 0 Å². The predicted molar refractivity (Wildman–Crippen MR) is 49.0 cm³/mol. The maximum absolute atomic E-state index is 13.3. The molecule has 0 amide bonds. The Morgan fingerprint density at radius 3 is 2.92 bits per heavy atom. The molecule has 4 heteroatoms. The van der Waals surface area contributed by atoms with E-state index in [9.17, 15) is 9.18 Å². The SMILES string of the molecule is [B]c1ccc2[nH]c(C=O)c(F)c2c1. The highest BCUT2D eigenvalue weighted by Crippen LogP contribution is 2.17. The Hall–Kier alpha value is -1.58. The van der Waals surface area contributed by atoms with Crippen molar-refractivity contribution in [2.45, 2.75) is 0 Å². The first kappa shape index (κ1) is 8.04. The van der Waals surface area contributed by atoms with Gasteiger partial charge in [0.15, 0.2) is 12.1 Å². The Morgan fingerprint density at radius 1 is 1.46 bits per heavy atom. The number of carbonyl (C=O) groups excluding carboxylic acids is 1. The quantitative estimate of drug-likeness (QED) is 0.504. The number of aromatic amines is 1. The van der Waals surface area contributed by atoms with Crippen LogP contribution in [-0.2, 0) is 0 Å². The maximum atomic E-state index is 13.3. The Labute approximate surface area is 75.2 Å². The molecule has 0 aliphatic heterocycles. The van der Waals surface area contributed by atoms with Crippen LogP contribution in [0.5, 0.6) is 0 Å². The third-order valence-electron chi connectivity index (χ3n) is 1.90. The van der Waals surface area contributed by atoms with Gasteiger partial charge >= 0.3 is 0 Å². The molecule has 2 rings (SSSR count). The Morgan fingerprint density at radius 2 is 2.23 bits per heavy atom. The summed E-state index contributed by atoms with van der Waals surface area (Å²) in [5.41, 5.74) is 1.01. The fourth-order valence-electron chi connectivity index (χ4n) is 1.28. The lowest BCUT2D eigenvalue weighted by atomic mass is 9.95. The molecule has 2 aromatic rings. The Balaban J connectivity index is 2.84. The molecule has 13 heavy (non-hydrogen) atoms. The molecule has 1 N–H and O–H groups in total. The van der Waals surface area contributed by atoms with E-state index in [0.717, 1.165) is 0 Å². The molecule has 0 aliphatic rings. The van der Waals surface area contributed by atoms with Gasteiger partial charge in [0.1, 0.15) is 13.5 Å². The van der Waals surface area contributed by atoms with E-state index < -0.39 is 5.82 Å². The molecule has 0 fully saturated rings. The zero-order valence-electron chi connectivity index (χ0n) is 6.67. The number of aldehydes is 1. The average Bonchev–Trinajstić information content (AvgIpc) is 2.44. The first-order valence-corrected chi connectivity index (χ1v) is 3.74. The molecule has 0 saturated carbocycles. The van der Waals surface area contributed by atoms with E-state index in [0.29, 0.717) is 22.7 Å². The molecule has 0 bridgehead atoms. The van der Waals surface area contributed by atoms with Crippen LogP contribution in [0.2, 0.25) is 0 Å². The Bertz CT molecular complexity index is 478. The van der Waals surface area contributed by atoms with E-state index in [-0.39, 0.29) is 5.69 Å². The number of benzene rings is 1. The van der Waals surface area contributed by atoms with Crippen molar-refractivity contribution >= 4 is 30.5 Å². The van der Waals surface area contributed by atoms with Crippen LogP contribution in [-0.4, -0.2) is 19.1 Å². The van der Waals surface area contributed by atoms with Crippen LogP contribution in [0.1, 0.15) is 10.5 Å². The van der Waals surface area contributed by atoms with Crippen LogP contribution in [0.15, 0.2) is 18.2 Å². The number of rotatable bonds is 1. The molecule has 62 valence electrons. The third kappa shape index (κ3) is 1.14. The summed E-state index contributed by atoms with van der Waals surface area (Å²) in [6.45, 7) is 0. The summed E-state index contributed by atoms with van der Waals surface area (Å²) < 4.78 is 13.3. The highest BCUT2D eigenvalue weighted by molar-refractivity contribution is 6.33. The van der Waals surface area contributed by atoms with Gasteiger partial charge in [-0.25, -0.2) is 4.39 Å². The summed E-state index contributed by atoms with van der Waals surface area (Å²) in [5.74, 6) is -0.544. The van der Waals surface area contributed by atoms with Gasteiger partial charge in [0.25, 0.3) is 0 Å². The van der Waals surface area contributed by atoms with Gasteiger partial charge in [-0.3, -0.25) is 4.79 Å². The zero-order chi connectivity index (χ0) is 9.42. The molecule has 2 radical (unpaired) electrons. The van der Waals surface area contributed by atoms with Crippen molar-refractivity contribution in [2.75, 3.05) is 0 Å². The largest absolute Gasteiger partial charge is 0.350 e. The minimum absolute atomic E-state index is 0.0411. The summed E-state index contributed by atoms with van der Waals surface area (Å²) in [4.78, 5) is 13.0. The number of nitrogens with one attached hydrogen (secondary N) is 1. The number of carbonyl (C=O) groups is 1. The highest BCUT2D eigenvalue weighted by atomic mass is 19.1. The molecular weight excluding hydrogens is 168 g/mol. The molecule has 1 heterocycles. The summed E-state index contributed by atoms with van der Waals surface area (Å²) in [6.07, 6.45) is 0.450. The van der Waals surface area contributed by atoms with Crippen LogP contribution in [0, 0.1) is 5.82 Å². The lowest BCUT2D eigenvalue weighted by Gasteiger charge is -1.91. The summed E-state index contributed by atoms with van der Waals surface area (Å²) in [7, 11) is 5.47. The second-order valence-electron chi connectivity index (χ2n) is 2.78. The van der Waals surface area contributed by atoms with Crippen LogP contribution < -0.4 is 5.46 Å². The fourth-order valence-corrected chi connectivity index (χ4v) is 1.28. The van der Waals surface area contributed by atoms with Gasteiger partial charge < -0.3 is 4.98 Å². The predicted octanol–water partition coefficient (Wildman–Crippen LogP) is 0.913. The van der Waals surface area contributed by atoms with Crippen molar-refractivity contribution in [2.24, 2.45) is 0 Å². The van der Waals surface area contributed by atoms with Crippen LogP contribution in [0.3, 0.4) is 0 Å². The molecule has 2 nitrogen and oxygen atoms in total. The normalized spacial score (nSPS) is 10.5. The van der Waals surface area contributed by atoms with Crippen molar-refractivity contribution in [3.63, 3.8) is 0 Å². The van der Waals surface area contributed by atoms with E-state index in [1.807, 2.05) is 0 Å². The van der Waals surface area contributed by atoms with E-state index in [1.54, 1.807) is 12.1 Å². The topological polar surface area (TPSA) is 32.9 Å². The number of H-pyrrole nitrogens is 1. The number of aromatic nitrogens is 1. The van der Waals surface area contributed by atoms with Gasteiger partial charge in [-0.1, -0.05) is 17.6 Å². The van der Waals surface area contributed by atoms with E-state index in [4.69, 9.17) is 7.85 Å². The fraction of sp³-hybridized carbons (Fsp3) is 0. The first-order chi connectivity index (χ1) is 6.22. The van der Waals surface area contributed by atoms with Crippen LogP contribution in [0.4, 0.5) is 4.39 Å². The molecule has 0 aliphatic carbocycles. The van der Waals surface area contributed by atoms with Crippen LogP contribution in [0.25, 0.3) is 10.9 Å². The summed E-state index contributed by atoms with van der Waals surface area (Å²) in [6, 6.07) is 4.78. The second kappa shape index (κ2) is 2.73. The smallest absolute Gasteiger partial charge is 0.169 e. The third-order valence-corrected chi connectivity index (χ3v) is 1.90. The second-order valence-corrected chi connectivity index (χ2v) is 2.78. The molecular formula is C9H5BFNO. The molecule has 0 atom stereocenters. The van der Waals surface area contributed by atoms with E-state index in [2.05, 4.69) is 4.98 Å². The molecule has 0 spiro atoms. The van der Waals surface area contributed by atoms with Crippen molar-refractivity contribution in [1.82, 2.24) is 4.98 Å². The number of fused-ring (bicyclic) bond motifs is 1. The highest BCUT2D eigenvalue weighted by Gasteiger charge is 2.09. The number of hydrogen-bond donors (Lipinski definition) is 1. The van der Waals surface area contributed by atoms with E-state index in [1.165, 1.54) is 6.07 Å². The van der Waals surface area contributed by atoms with Crippen molar-refractivity contribution in [3.8, 4) is 0 Å². The molecule has 1 aromatic carbocycles. The first-order valence-electron chi connectivity index (χ1n) is 3.74. The molecule has 1 aromatic heterocycles. The van der Waals surface area contributed by atoms with Crippen LogP contribution >= 0.6 is 0 Å². The number of hydrogen-bond acceptors (Lipinski definition) is 1. The standard InChI is InChI=1S/C9H5BFNO/c10-5-1-2-7-6(3-5)9(11)8(4-13)12-7/h1-4,12H. The molecule has 0 saturated heterocycles. The van der Waals surface area contributed by atoms with Crippen molar-refractivity contribution in [3.05, 3.63) is 29.7 Å². The monoisotopic (exact) mass is 173 g/mol.